The van der Waals surface area contributed by atoms with Gasteiger partial charge in [0, 0.05) is 12.1 Å². The Kier molecular flexibility index (Phi) is 6.45. The molecule has 2 aromatic carbocycles. The lowest BCUT2D eigenvalue weighted by molar-refractivity contribution is -0.384. The number of nitro benzene ring substituents is 1. The molecule has 0 saturated carbocycles. The number of rotatable bonds is 7. The summed E-state index contributed by atoms with van der Waals surface area (Å²) in [6.45, 7) is 2.50. The first-order valence-corrected chi connectivity index (χ1v) is 10.7. The van der Waals surface area contributed by atoms with Crippen molar-refractivity contribution in [2.24, 2.45) is 4.99 Å². The van der Waals surface area contributed by atoms with Gasteiger partial charge in [-0.3, -0.25) is 14.9 Å². The topological polar surface area (TPSA) is 116 Å². The highest BCUT2D eigenvalue weighted by molar-refractivity contribution is 8.18. The van der Waals surface area contributed by atoms with E-state index in [1.807, 2.05) is 31.2 Å². The molecule has 1 saturated heterocycles. The van der Waals surface area contributed by atoms with Crippen molar-refractivity contribution in [3.05, 3.63) is 75.4 Å². The molecule has 4 rings (SSSR count). The van der Waals surface area contributed by atoms with Crippen molar-refractivity contribution >= 4 is 40.3 Å². The van der Waals surface area contributed by atoms with Crippen molar-refractivity contribution in [1.82, 2.24) is 5.32 Å². The summed E-state index contributed by atoms with van der Waals surface area (Å²) in [6, 6.07) is 14.9. The van der Waals surface area contributed by atoms with E-state index >= 15 is 0 Å². The van der Waals surface area contributed by atoms with E-state index in [1.165, 1.54) is 31.0 Å². The van der Waals surface area contributed by atoms with Crippen LogP contribution >= 0.6 is 11.8 Å². The van der Waals surface area contributed by atoms with Gasteiger partial charge in [0.25, 0.3) is 11.6 Å². The number of nitro groups is 1. The number of hydrogen-bond acceptors (Lipinski definition) is 8. The van der Waals surface area contributed by atoms with Gasteiger partial charge in [0.05, 0.1) is 40.9 Å². The first-order valence-electron chi connectivity index (χ1n) is 9.92. The second-order valence-electron chi connectivity index (χ2n) is 6.75. The zero-order valence-electron chi connectivity index (χ0n) is 17.7. The van der Waals surface area contributed by atoms with Gasteiger partial charge >= 0.3 is 0 Å². The Morgan fingerprint density at radius 2 is 1.97 bits per heavy atom. The number of nitrogens with one attached hydrogen (secondary N) is 1. The van der Waals surface area contributed by atoms with Crippen molar-refractivity contribution in [1.29, 1.82) is 0 Å². The van der Waals surface area contributed by atoms with E-state index in [4.69, 9.17) is 13.9 Å². The summed E-state index contributed by atoms with van der Waals surface area (Å²) in [5, 5.41) is 14.2. The average molecular weight is 465 g/mol. The molecule has 1 aliphatic rings. The predicted octanol–water partition coefficient (Wildman–Crippen LogP) is 5.15. The second-order valence-corrected chi connectivity index (χ2v) is 7.78. The number of furan rings is 1. The molecule has 1 fully saturated rings. The Labute approximate surface area is 193 Å². The molecule has 33 heavy (non-hydrogen) atoms. The van der Waals surface area contributed by atoms with Crippen LogP contribution in [0.3, 0.4) is 0 Å². The Balaban J connectivity index is 1.52. The van der Waals surface area contributed by atoms with Crippen molar-refractivity contribution < 1.29 is 23.6 Å². The highest BCUT2D eigenvalue weighted by atomic mass is 32.2. The molecule has 10 heteroatoms. The molecular formula is C23H19N3O6S. The molecule has 0 aliphatic carbocycles. The van der Waals surface area contributed by atoms with Gasteiger partial charge in [-0.1, -0.05) is 0 Å². The summed E-state index contributed by atoms with van der Waals surface area (Å²) >= 11 is 1.20. The summed E-state index contributed by atoms with van der Waals surface area (Å²) in [5.74, 6) is 1.69. The lowest BCUT2D eigenvalue weighted by Crippen LogP contribution is -2.19. The summed E-state index contributed by atoms with van der Waals surface area (Å²) in [5.41, 5.74) is 1.17. The average Bonchev–Trinajstić information content (AvgIpc) is 3.41. The third-order valence-electron chi connectivity index (χ3n) is 4.59. The molecular weight excluding hydrogens is 446 g/mol. The van der Waals surface area contributed by atoms with E-state index in [1.54, 1.807) is 24.3 Å². The number of aliphatic imine (C=N–C) groups is 1. The molecule has 0 atom stereocenters. The molecule has 1 aliphatic heterocycles. The Bertz CT molecular complexity index is 1260. The van der Waals surface area contributed by atoms with E-state index in [0.717, 1.165) is 5.75 Å². The maximum atomic E-state index is 12.4. The first kappa shape index (κ1) is 22.2. The van der Waals surface area contributed by atoms with E-state index in [9.17, 15) is 14.9 Å². The molecule has 0 unspecified atom stereocenters. The quantitative estimate of drug-likeness (QED) is 0.291. The smallest absolute Gasteiger partial charge is 0.273 e. The lowest BCUT2D eigenvalue weighted by Gasteiger charge is -2.05. The molecule has 3 aromatic rings. The number of amides is 1. The number of amidine groups is 1. The van der Waals surface area contributed by atoms with Gasteiger partial charge in [0.15, 0.2) is 5.17 Å². The lowest BCUT2D eigenvalue weighted by atomic mass is 10.1. The normalized spacial score (nSPS) is 15.6. The zero-order valence-corrected chi connectivity index (χ0v) is 18.5. The maximum Gasteiger partial charge on any atom is 0.273 e. The fourth-order valence-corrected chi connectivity index (χ4v) is 3.90. The van der Waals surface area contributed by atoms with Crippen LogP contribution in [-0.4, -0.2) is 29.7 Å². The third kappa shape index (κ3) is 5.07. The second kappa shape index (κ2) is 9.61. The number of hydrogen-bond donors (Lipinski definition) is 1. The van der Waals surface area contributed by atoms with Crippen LogP contribution in [0.25, 0.3) is 17.4 Å². The van der Waals surface area contributed by atoms with Gasteiger partial charge in [-0.2, -0.15) is 0 Å². The zero-order chi connectivity index (χ0) is 23.4. The fraction of sp³-hybridized carbons (Fsp3) is 0.130. The van der Waals surface area contributed by atoms with Gasteiger partial charge in [-0.05, 0) is 61.2 Å². The van der Waals surface area contributed by atoms with Gasteiger partial charge in [0.1, 0.15) is 23.0 Å². The molecule has 0 spiro atoms. The Morgan fingerprint density at radius 1 is 1.18 bits per heavy atom. The monoisotopic (exact) mass is 465 g/mol. The largest absolute Gasteiger partial charge is 0.496 e. The highest BCUT2D eigenvalue weighted by Crippen LogP contribution is 2.35. The fourth-order valence-electron chi connectivity index (χ4n) is 3.08. The van der Waals surface area contributed by atoms with E-state index in [-0.39, 0.29) is 11.6 Å². The van der Waals surface area contributed by atoms with Crippen LogP contribution in [0.2, 0.25) is 0 Å². The molecule has 0 radical (unpaired) electrons. The van der Waals surface area contributed by atoms with Crippen molar-refractivity contribution in [2.45, 2.75) is 6.92 Å². The summed E-state index contributed by atoms with van der Waals surface area (Å²) in [6.07, 6.45) is 1.61. The van der Waals surface area contributed by atoms with Crippen LogP contribution < -0.4 is 14.8 Å². The number of carbonyl (C=O) groups is 1. The molecule has 0 bridgehead atoms. The van der Waals surface area contributed by atoms with Crippen LogP contribution in [0.15, 0.2) is 68.9 Å². The number of non-ortho nitro benzene ring substituents is 1. The highest BCUT2D eigenvalue weighted by Gasteiger charge is 2.24. The van der Waals surface area contributed by atoms with Gasteiger partial charge < -0.3 is 19.2 Å². The van der Waals surface area contributed by atoms with Crippen LogP contribution in [0.4, 0.5) is 11.4 Å². The van der Waals surface area contributed by atoms with Crippen molar-refractivity contribution in [3.63, 3.8) is 0 Å². The number of thioether (sulfide) groups is 1. The van der Waals surface area contributed by atoms with E-state index in [2.05, 4.69) is 10.3 Å². The first-order chi connectivity index (χ1) is 16.0. The minimum absolute atomic E-state index is 0.0807. The van der Waals surface area contributed by atoms with Gasteiger partial charge in [-0.25, -0.2) is 4.99 Å². The van der Waals surface area contributed by atoms with E-state index < -0.39 is 4.92 Å². The standard InChI is InChI=1S/C23H19N3O6S/c1-3-31-16-7-4-14(5-8-16)24-23-25-22(27)21(33-23)13-17-9-11-19(32-17)18-10-6-15(26(28)29)12-20(18)30-2/h4-13H,3H2,1-2H3,(H,24,25,27)/b21-13-. The van der Waals surface area contributed by atoms with Crippen LogP contribution in [-0.2, 0) is 4.79 Å². The number of methoxy groups -OCH3 is 1. The molecule has 1 N–H and O–H groups in total. The van der Waals surface area contributed by atoms with Crippen LogP contribution in [0.5, 0.6) is 11.5 Å². The number of ether oxygens (including phenoxy) is 2. The SMILES string of the molecule is CCOc1ccc(N=C2NC(=O)/C(=C/c3ccc(-c4ccc([N+](=O)[O-])cc4OC)o3)S2)cc1. The number of carbonyl (C=O) groups excluding carboxylic acids is 1. The molecule has 2 heterocycles. The van der Waals surface area contributed by atoms with Crippen molar-refractivity contribution in [3.8, 4) is 22.8 Å². The minimum atomic E-state index is -0.493. The minimum Gasteiger partial charge on any atom is -0.496 e. The Morgan fingerprint density at radius 3 is 2.67 bits per heavy atom. The van der Waals surface area contributed by atoms with Gasteiger partial charge in [-0.15, -0.1) is 0 Å². The van der Waals surface area contributed by atoms with E-state index in [0.29, 0.717) is 45.2 Å². The molecule has 168 valence electrons. The summed E-state index contributed by atoms with van der Waals surface area (Å²) in [4.78, 5) is 27.7. The van der Waals surface area contributed by atoms with Crippen LogP contribution in [0, 0.1) is 10.1 Å². The third-order valence-corrected chi connectivity index (χ3v) is 5.50. The summed E-state index contributed by atoms with van der Waals surface area (Å²) < 4.78 is 16.5. The van der Waals surface area contributed by atoms with Crippen LogP contribution in [0.1, 0.15) is 12.7 Å². The molecule has 1 amide bonds. The van der Waals surface area contributed by atoms with Gasteiger partial charge in [0.2, 0.25) is 0 Å². The molecule has 1 aromatic heterocycles. The maximum absolute atomic E-state index is 12.4. The Hall–Kier alpha value is -4.05. The van der Waals surface area contributed by atoms with Crippen molar-refractivity contribution in [2.75, 3.05) is 13.7 Å². The number of benzene rings is 2. The summed E-state index contributed by atoms with van der Waals surface area (Å²) in [7, 11) is 1.43. The number of nitrogens with zero attached hydrogens (tertiary/aromatic N) is 2. The molecule has 9 nitrogen and oxygen atoms in total. The predicted molar refractivity (Wildman–Crippen MR) is 126 cm³/mol.